The maximum absolute atomic E-state index is 6.01. The molecule has 0 saturated carbocycles. The van der Waals surface area contributed by atoms with Gasteiger partial charge in [-0.25, -0.2) is 4.98 Å². The van der Waals surface area contributed by atoms with Crippen molar-refractivity contribution in [3.8, 4) is 0 Å². The van der Waals surface area contributed by atoms with Crippen LogP contribution in [0.2, 0.25) is 10.0 Å². The molecule has 2 rings (SSSR count). The van der Waals surface area contributed by atoms with Crippen molar-refractivity contribution in [3.63, 3.8) is 0 Å². The van der Waals surface area contributed by atoms with E-state index in [2.05, 4.69) is 18.8 Å². The average molecular weight is 244 g/mol. The molecule has 0 radical (unpaired) electrons. The summed E-state index contributed by atoms with van der Waals surface area (Å²) in [6.45, 7) is 4.23. The second kappa shape index (κ2) is 4.03. The van der Waals surface area contributed by atoms with E-state index >= 15 is 0 Å². The van der Waals surface area contributed by atoms with E-state index in [1.54, 1.807) is 6.07 Å². The first-order chi connectivity index (χ1) is 7.08. The summed E-state index contributed by atoms with van der Waals surface area (Å²) < 4.78 is 5.56. The predicted molar refractivity (Wildman–Crippen MR) is 62.6 cm³/mol. The van der Waals surface area contributed by atoms with Gasteiger partial charge in [0.25, 0.3) is 0 Å². The molecule has 0 spiro atoms. The van der Waals surface area contributed by atoms with E-state index in [1.807, 2.05) is 6.07 Å². The minimum absolute atomic E-state index is 0.441. The summed E-state index contributed by atoms with van der Waals surface area (Å²) in [5.41, 5.74) is 1.35. The highest BCUT2D eigenvalue weighted by atomic mass is 35.5. The Morgan fingerprint density at radius 2 is 2.07 bits per heavy atom. The minimum Gasteiger partial charge on any atom is -0.439 e. The van der Waals surface area contributed by atoms with Gasteiger partial charge < -0.3 is 4.42 Å². The van der Waals surface area contributed by atoms with E-state index in [9.17, 15) is 0 Å². The number of oxazole rings is 1. The number of benzene rings is 1. The van der Waals surface area contributed by atoms with Gasteiger partial charge in [0.2, 0.25) is 0 Å². The summed E-state index contributed by atoms with van der Waals surface area (Å²) in [4.78, 5) is 4.35. The summed E-state index contributed by atoms with van der Waals surface area (Å²) in [6, 6.07) is 3.55. The monoisotopic (exact) mass is 243 g/mol. The van der Waals surface area contributed by atoms with Crippen molar-refractivity contribution in [2.75, 3.05) is 0 Å². The molecule has 1 heterocycles. The number of aromatic nitrogens is 1. The third-order valence-corrected chi connectivity index (χ3v) is 2.86. The highest BCUT2D eigenvalue weighted by molar-refractivity contribution is 6.44. The quantitative estimate of drug-likeness (QED) is 0.785. The molecule has 0 fully saturated rings. The Labute approximate surface area is 98.2 Å². The second-order valence-electron chi connectivity index (χ2n) is 3.92. The molecule has 1 aromatic heterocycles. The molecule has 0 saturated heterocycles. The van der Waals surface area contributed by atoms with Crippen molar-refractivity contribution in [2.45, 2.75) is 20.3 Å². The zero-order valence-corrected chi connectivity index (χ0v) is 10.1. The van der Waals surface area contributed by atoms with Crippen molar-refractivity contribution in [3.05, 3.63) is 28.1 Å². The van der Waals surface area contributed by atoms with E-state index in [0.29, 0.717) is 27.4 Å². The van der Waals surface area contributed by atoms with Gasteiger partial charge in [0.15, 0.2) is 11.5 Å². The molecule has 0 aliphatic carbocycles. The summed E-state index contributed by atoms with van der Waals surface area (Å²) in [6.07, 6.45) is 0.808. The Morgan fingerprint density at radius 1 is 1.33 bits per heavy atom. The highest BCUT2D eigenvalue weighted by Crippen LogP contribution is 2.31. The summed E-state index contributed by atoms with van der Waals surface area (Å²) in [5, 5.41) is 0.938. The smallest absolute Gasteiger partial charge is 0.195 e. The molecule has 0 bridgehead atoms. The van der Waals surface area contributed by atoms with Crippen molar-refractivity contribution in [1.82, 2.24) is 4.98 Å². The highest BCUT2D eigenvalue weighted by Gasteiger charge is 2.12. The summed E-state index contributed by atoms with van der Waals surface area (Å²) in [5.74, 6) is 1.22. The van der Waals surface area contributed by atoms with Crippen LogP contribution in [0.25, 0.3) is 11.1 Å². The van der Waals surface area contributed by atoms with Crippen molar-refractivity contribution in [1.29, 1.82) is 0 Å². The van der Waals surface area contributed by atoms with Crippen molar-refractivity contribution >= 4 is 34.3 Å². The van der Waals surface area contributed by atoms with Gasteiger partial charge in [-0.05, 0) is 18.1 Å². The van der Waals surface area contributed by atoms with Crippen LogP contribution in [0.15, 0.2) is 16.5 Å². The Morgan fingerprint density at radius 3 is 2.73 bits per heavy atom. The minimum atomic E-state index is 0.441. The molecule has 1 aromatic carbocycles. The lowest BCUT2D eigenvalue weighted by Gasteiger charge is -1.97. The summed E-state index contributed by atoms with van der Waals surface area (Å²) >= 11 is 11.9. The van der Waals surface area contributed by atoms with Gasteiger partial charge in [-0.15, -0.1) is 0 Å². The lowest BCUT2D eigenvalue weighted by molar-refractivity contribution is 0.482. The third kappa shape index (κ3) is 2.11. The van der Waals surface area contributed by atoms with Crippen LogP contribution in [-0.2, 0) is 6.42 Å². The van der Waals surface area contributed by atoms with Crippen LogP contribution < -0.4 is 0 Å². The number of halogens is 2. The molecule has 2 aromatic rings. The molecular weight excluding hydrogens is 233 g/mol. The van der Waals surface area contributed by atoms with E-state index < -0.39 is 0 Å². The van der Waals surface area contributed by atoms with Crippen LogP contribution in [0, 0.1) is 5.92 Å². The molecule has 0 atom stereocenters. The van der Waals surface area contributed by atoms with Gasteiger partial charge in [0.05, 0.1) is 5.02 Å². The second-order valence-corrected chi connectivity index (χ2v) is 4.70. The first-order valence-corrected chi connectivity index (χ1v) is 5.57. The standard InChI is InChI=1S/C11H11Cl2NO/c1-6(2)5-9-14-8-4-3-7(12)10(13)11(8)15-9/h3-4,6H,5H2,1-2H3. The van der Waals surface area contributed by atoms with Crippen LogP contribution in [0.5, 0.6) is 0 Å². The first-order valence-electron chi connectivity index (χ1n) is 4.81. The average Bonchev–Trinajstić information content (AvgIpc) is 2.54. The lowest BCUT2D eigenvalue weighted by Crippen LogP contribution is -1.93. The topological polar surface area (TPSA) is 26.0 Å². The van der Waals surface area contributed by atoms with Crippen molar-refractivity contribution in [2.24, 2.45) is 5.92 Å². The molecule has 0 aliphatic heterocycles. The van der Waals surface area contributed by atoms with Gasteiger partial charge in [0, 0.05) is 6.42 Å². The van der Waals surface area contributed by atoms with E-state index in [1.165, 1.54) is 0 Å². The van der Waals surface area contributed by atoms with Crippen LogP contribution >= 0.6 is 23.2 Å². The van der Waals surface area contributed by atoms with Crippen LogP contribution in [0.1, 0.15) is 19.7 Å². The molecule has 2 nitrogen and oxygen atoms in total. The maximum Gasteiger partial charge on any atom is 0.195 e. The molecule has 0 unspecified atom stereocenters. The maximum atomic E-state index is 6.01. The lowest BCUT2D eigenvalue weighted by atomic mass is 10.1. The predicted octanol–water partition coefficient (Wildman–Crippen LogP) is 4.33. The fourth-order valence-electron chi connectivity index (χ4n) is 1.42. The number of hydrogen-bond acceptors (Lipinski definition) is 2. The third-order valence-electron chi connectivity index (χ3n) is 2.08. The zero-order chi connectivity index (χ0) is 11.0. The normalized spacial score (nSPS) is 11.5. The van der Waals surface area contributed by atoms with E-state index in [0.717, 1.165) is 11.9 Å². The molecule has 80 valence electrons. The van der Waals surface area contributed by atoms with E-state index in [4.69, 9.17) is 27.6 Å². The Balaban J connectivity index is 2.51. The molecular formula is C11H11Cl2NO. The van der Waals surface area contributed by atoms with Crippen molar-refractivity contribution < 1.29 is 4.42 Å². The Bertz CT molecular complexity index is 491. The SMILES string of the molecule is CC(C)Cc1nc2ccc(Cl)c(Cl)c2o1. The fraction of sp³-hybridized carbons (Fsp3) is 0.364. The van der Waals surface area contributed by atoms with Crippen LogP contribution in [0.3, 0.4) is 0 Å². The molecule has 0 aliphatic rings. The largest absolute Gasteiger partial charge is 0.439 e. The number of fused-ring (bicyclic) bond motifs is 1. The van der Waals surface area contributed by atoms with Crippen LogP contribution in [-0.4, -0.2) is 4.98 Å². The van der Waals surface area contributed by atoms with E-state index in [-0.39, 0.29) is 0 Å². The van der Waals surface area contributed by atoms with Gasteiger partial charge >= 0.3 is 0 Å². The van der Waals surface area contributed by atoms with Gasteiger partial charge in [-0.1, -0.05) is 37.0 Å². The number of hydrogen-bond donors (Lipinski definition) is 0. The van der Waals surface area contributed by atoms with Crippen LogP contribution in [0.4, 0.5) is 0 Å². The molecule has 4 heteroatoms. The van der Waals surface area contributed by atoms with Gasteiger partial charge in [-0.3, -0.25) is 0 Å². The zero-order valence-electron chi connectivity index (χ0n) is 8.55. The summed E-state index contributed by atoms with van der Waals surface area (Å²) in [7, 11) is 0. The Hall–Kier alpha value is -0.730. The van der Waals surface area contributed by atoms with Gasteiger partial charge in [0.1, 0.15) is 10.5 Å². The number of rotatable bonds is 2. The van der Waals surface area contributed by atoms with Gasteiger partial charge in [-0.2, -0.15) is 0 Å². The Kier molecular flexibility index (Phi) is 2.89. The molecule has 15 heavy (non-hydrogen) atoms. The molecule has 0 N–H and O–H groups in total. The molecule has 0 amide bonds. The number of nitrogens with zero attached hydrogens (tertiary/aromatic N) is 1. The first kappa shape index (κ1) is 10.8. The fourth-order valence-corrected chi connectivity index (χ4v) is 1.77.